The van der Waals surface area contributed by atoms with Crippen LogP contribution in [-0.4, -0.2) is 0 Å². The summed E-state index contributed by atoms with van der Waals surface area (Å²) >= 11 is 0. The van der Waals surface area contributed by atoms with Gasteiger partial charge < -0.3 is 0 Å². The summed E-state index contributed by atoms with van der Waals surface area (Å²) < 4.78 is 0. The molecule has 0 heteroatoms. The molecule has 0 saturated carbocycles. The lowest BCUT2D eigenvalue weighted by atomic mass is 9.68. The van der Waals surface area contributed by atoms with Gasteiger partial charge in [0.25, 0.3) is 0 Å². The Hall–Kier alpha value is -2.08. The second-order valence-electron chi connectivity index (χ2n) is 12.9. The molecule has 0 nitrogen and oxygen atoms in total. The van der Waals surface area contributed by atoms with Gasteiger partial charge >= 0.3 is 0 Å². The third-order valence-corrected chi connectivity index (χ3v) is 10.9. The van der Waals surface area contributed by atoms with Crippen molar-refractivity contribution in [3.63, 3.8) is 0 Å². The largest absolute Gasteiger partial charge is 0.103 e. The molecule has 0 saturated heterocycles. The summed E-state index contributed by atoms with van der Waals surface area (Å²) in [4.78, 5) is 0. The van der Waals surface area contributed by atoms with Gasteiger partial charge in [0.05, 0.1) is 0 Å². The summed E-state index contributed by atoms with van der Waals surface area (Å²) in [7, 11) is 0. The van der Waals surface area contributed by atoms with Gasteiger partial charge in [0.1, 0.15) is 0 Å². The average Bonchev–Trinajstić information content (AvgIpc) is 3.24. The fraction of sp³-hybridized carbons (Fsp3) is 0.590. The molecule has 0 aromatic heterocycles. The van der Waals surface area contributed by atoms with Crippen LogP contribution in [0.2, 0.25) is 0 Å². The molecule has 1 aliphatic carbocycles. The normalized spacial score (nSPS) is 14.2. The first kappa shape index (κ1) is 31.4. The molecule has 0 atom stereocenters. The molecule has 0 amide bonds. The van der Waals surface area contributed by atoms with Crippen molar-refractivity contribution in [2.75, 3.05) is 0 Å². The monoisotopic (exact) mass is 526 g/mol. The molecule has 0 fully saturated rings. The van der Waals surface area contributed by atoms with E-state index in [0.717, 1.165) is 12.8 Å². The molecular weight excluding hydrogens is 468 g/mol. The Morgan fingerprint density at radius 1 is 0.590 bits per heavy atom. The first-order chi connectivity index (χ1) is 18.8. The lowest BCUT2D eigenvalue weighted by molar-refractivity contribution is 0.396. The predicted octanol–water partition coefficient (Wildman–Crippen LogP) is 12.4. The van der Waals surface area contributed by atoms with Crippen LogP contribution in [0.15, 0.2) is 61.7 Å². The maximum Gasteiger partial charge on any atom is 0.0215 e. The lowest BCUT2D eigenvalue weighted by Crippen LogP contribution is -2.28. The number of allylic oxidation sites excluding steroid dienone is 2. The molecule has 0 radical (unpaired) electrons. The summed E-state index contributed by atoms with van der Waals surface area (Å²) in [5, 5.41) is 0. The van der Waals surface area contributed by atoms with E-state index in [1.54, 1.807) is 11.1 Å². The van der Waals surface area contributed by atoms with Crippen molar-refractivity contribution in [1.82, 2.24) is 0 Å². The first-order valence-corrected chi connectivity index (χ1v) is 16.3. The third kappa shape index (κ3) is 6.47. The molecule has 0 unspecified atom stereocenters. The van der Waals surface area contributed by atoms with Crippen molar-refractivity contribution in [3.8, 4) is 11.1 Å². The van der Waals surface area contributed by atoms with Gasteiger partial charge in [0, 0.05) is 5.41 Å². The molecule has 0 heterocycles. The van der Waals surface area contributed by atoms with E-state index in [9.17, 15) is 0 Å². The second kappa shape index (κ2) is 14.0. The molecule has 0 spiro atoms. The highest BCUT2D eigenvalue weighted by Gasteiger charge is 2.43. The number of benzene rings is 2. The quantitative estimate of drug-likeness (QED) is 0.134. The number of unbranched alkanes of at least 4 members (excludes halogenated alkanes) is 6. The van der Waals surface area contributed by atoms with Gasteiger partial charge in [0.2, 0.25) is 0 Å². The molecule has 2 aromatic carbocycles. The van der Waals surface area contributed by atoms with Crippen LogP contribution in [-0.2, 0) is 16.2 Å². The Balaban J connectivity index is 2.19. The molecule has 0 bridgehead atoms. The Bertz CT molecular complexity index is 988. The van der Waals surface area contributed by atoms with Crippen molar-refractivity contribution in [1.29, 1.82) is 0 Å². The Kier molecular flexibility index (Phi) is 11.3. The van der Waals surface area contributed by atoms with Crippen molar-refractivity contribution in [2.45, 2.75) is 148 Å². The van der Waals surface area contributed by atoms with Crippen LogP contribution in [0.3, 0.4) is 0 Å². The zero-order valence-electron chi connectivity index (χ0n) is 26.4. The van der Waals surface area contributed by atoms with E-state index in [4.69, 9.17) is 0 Å². The fourth-order valence-electron chi connectivity index (χ4n) is 7.01. The number of rotatable bonds is 18. The second-order valence-corrected chi connectivity index (χ2v) is 12.9. The summed E-state index contributed by atoms with van der Waals surface area (Å²) in [6, 6.07) is 15.2. The molecule has 39 heavy (non-hydrogen) atoms. The number of hydrogen-bond donors (Lipinski definition) is 0. The molecule has 2 aromatic rings. The smallest absolute Gasteiger partial charge is 0.0215 e. The summed E-state index contributed by atoms with van der Waals surface area (Å²) in [5.41, 5.74) is 9.91. The maximum atomic E-state index is 3.96. The minimum absolute atomic E-state index is 0.115. The van der Waals surface area contributed by atoms with Crippen LogP contribution in [0.4, 0.5) is 0 Å². The predicted molar refractivity (Wildman–Crippen MR) is 175 cm³/mol. The summed E-state index contributed by atoms with van der Waals surface area (Å²) in [6.07, 6.45) is 21.3. The topological polar surface area (TPSA) is 0 Å². The van der Waals surface area contributed by atoms with Gasteiger partial charge in [-0.15, -0.1) is 13.2 Å². The van der Waals surface area contributed by atoms with Crippen LogP contribution in [0.25, 0.3) is 11.1 Å². The van der Waals surface area contributed by atoms with Gasteiger partial charge in [-0.3, -0.25) is 0 Å². The summed E-state index contributed by atoms with van der Waals surface area (Å²) in [5.74, 6) is 0. The minimum atomic E-state index is 0.115. The van der Waals surface area contributed by atoms with E-state index < -0.39 is 0 Å². The zero-order chi connectivity index (χ0) is 28.5. The van der Waals surface area contributed by atoms with Gasteiger partial charge in [0.15, 0.2) is 0 Å². The SMILES string of the molecule is C=CCCCCCC1(CCCCCC=C)c2cc(C(C)(CC)CC)ccc2-c2ccc(C(C)(CC)CC)cc21. The number of fused-ring (bicyclic) bond motifs is 3. The van der Waals surface area contributed by atoms with Crippen LogP contribution in [0.5, 0.6) is 0 Å². The highest BCUT2D eigenvalue weighted by molar-refractivity contribution is 5.82. The lowest BCUT2D eigenvalue weighted by Gasteiger charge is -2.36. The highest BCUT2D eigenvalue weighted by Crippen LogP contribution is 2.56. The molecule has 1 aliphatic rings. The van der Waals surface area contributed by atoms with E-state index >= 15 is 0 Å². The van der Waals surface area contributed by atoms with Crippen molar-refractivity contribution >= 4 is 0 Å². The fourth-order valence-corrected chi connectivity index (χ4v) is 7.01. The zero-order valence-corrected chi connectivity index (χ0v) is 26.4. The van der Waals surface area contributed by atoms with Crippen LogP contribution in [0.1, 0.15) is 154 Å². The molecule has 3 rings (SSSR count). The molecule has 0 aliphatic heterocycles. The third-order valence-electron chi connectivity index (χ3n) is 10.9. The van der Waals surface area contributed by atoms with Crippen LogP contribution < -0.4 is 0 Å². The maximum absolute atomic E-state index is 3.96. The van der Waals surface area contributed by atoms with Crippen molar-refractivity contribution < 1.29 is 0 Å². The van der Waals surface area contributed by atoms with Gasteiger partial charge in [-0.2, -0.15) is 0 Å². The Morgan fingerprint density at radius 3 is 1.31 bits per heavy atom. The van der Waals surface area contributed by atoms with E-state index in [1.165, 1.54) is 99.3 Å². The van der Waals surface area contributed by atoms with Gasteiger partial charge in [-0.1, -0.05) is 116 Å². The highest BCUT2D eigenvalue weighted by atomic mass is 14.5. The van der Waals surface area contributed by atoms with Crippen LogP contribution >= 0.6 is 0 Å². The minimum Gasteiger partial charge on any atom is -0.103 e. The summed E-state index contributed by atoms with van der Waals surface area (Å²) in [6.45, 7) is 22.3. The Labute approximate surface area is 242 Å². The van der Waals surface area contributed by atoms with E-state index in [2.05, 4.69) is 103 Å². The first-order valence-electron chi connectivity index (χ1n) is 16.3. The standard InChI is InChI=1S/C39H58/c1-9-15-17-19-21-27-39(28-22-20-18-16-10-2)35-29-31(37(7,11-3)12-4)23-25-33(35)34-26-24-32(30-36(34)39)38(8,13-5)14-6/h9-10,23-26,29-30H,1-2,11-22,27-28H2,3-8H3. The Morgan fingerprint density at radius 2 is 0.974 bits per heavy atom. The molecule has 214 valence electrons. The number of hydrogen-bond acceptors (Lipinski definition) is 0. The average molecular weight is 527 g/mol. The van der Waals surface area contributed by atoms with Crippen molar-refractivity contribution in [2.24, 2.45) is 0 Å². The van der Waals surface area contributed by atoms with Gasteiger partial charge in [-0.05, 0) is 108 Å². The van der Waals surface area contributed by atoms with E-state index in [1.807, 2.05) is 0 Å². The van der Waals surface area contributed by atoms with E-state index in [0.29, 0.717) is 0 Å². The molecular formula is C39H58. The molecule has 0 N–H and O–H groups in total. The van der Waals surface area contributed by atoms with Gasteiger partial charge in [-0.25, -0.2) is 0 Å². The van der Waals surface area contributed by atoms with Crippen molar-refractivity contribution in [3.05, 3.63) is 84.0 Å². The van der Waals surface area contributed by atoms with E-state index in [-0.39, 0.29) is 16.2 Å². The van der Waals surface area contributed by atoms with Crippen LogP contribution in [0, 0.1) is 0 Å².